The minimum atomic E-state index is -0.647. The number of hydrogen-bond acceptors (Lipinski definition) is 3. The molecule has 0 radical (unpaired) electrons. The predicted octanol–water partition coefficient (Wildman–Crippen LogP) is 3.57. The molecule has 2 atom stereocenters. The largest absolute Gasteiger partial charge is 0.353 e. The fourth-order valence-corrected chi connectivity index (χ4v) is 2.62. The number of carbonyl (C=O) groups excluding carboxylic acids is 1. The van der Waals surface area contributed by atoms with Crippen molar-refractivity contribution in [1.29, 1.82) is 0 Å². The van der Waals surface area contributed by atoms with Gasteiger partial charge < -0.3 is 16.0 Å². The second-order valence-electron chi connectivity index (χ2n) is 6.52. The summed E-state index contributed by atoms with van der Waals surface area (Å²) in [6, 6.07) is 15.6. The Morgan fingerprint density at radius 2 is 1.35 bits per heavy atom. The molecule has 2 unspecified atom stereocenters. The number of carbonyl (C=O) groups is 1. The summed E-state index contributed by atoms with van der Waals surface area (Å²) in [7, 11) is 4.02. The summed E-state index contributed by atoms with van der Waals surface area (Å²) in [5, 5.41) is 2.98. The SMILES string of the molecule is Cc1ccc(C(N)C(=O)NCC(c2ccc(C)cc2)N(C)C)cc1.Cl.Cl. The lowest BCUT2D eigenvalue weighted by Gasteiger charge is -2.26. The van der Waals surface area contributed by atoms with Crippen LogP contribution in [0.4, 0.5) is 0 Å². The van der Waals surface area contributed by atoms with E-state index < -0.39 is 6.04 Å². The number of aryl methyl sites for hydroxylation is 2. The highest BCUT2D eigenvalue weighted by Gasteiger charge is 2.19. The molecule has 144 valence electrons. The van der Waals surface area contributed by atoms with Crippen molar-refractivity contribution in [3.63, 3.8) is 0 Å². The van der Waals surface area contributed by atoms with Crippen molar-refractivity contribution >= 4 is 30.7 Å². The molecule has 0 saturated heterocycles. The summed E-state index contributed by atoms with van der Waals surface area (Å²) < 4.78 is 0. The molecular formula is C20H29Cl2N3O. The van der Waals surface area contributed by atoms with Crippen molar-refractivity contribution in [3.8, 4) is 0 Å². The molecule has 0 aliphatic rings. The van der Waals surface area contributed by atoms with E-state index >= 15 is 0 Å². The first-order valence-electron chi connectivity index (χ1n) is 8.21. The molecule has 2 rings (SSSR count). The van der Waals surface area contributed by atoms with Gasteiger partial charge in [0.1, 0.15) is 6.04 Å². The highest BCUT2D eigenvalue weighted by atomic mass is 35.5. The zero-order valence-corrected chi connectivity index (χ0v) is 17.4. The van der Waals surface area contributed by atoms with Crippen LogP contribution in [0.5, 0.6) is 0 Å². The van der Waals surface area contributed by atoms with E-state index in [1.54, 1.807) is 0 Å². The molecule has 0 spiro atoms. The normalized spacial score (nSPS) is 12.5. The lowest BCUT2D eigenvalue weighted by atomic mass is 10.0. The zero-order valence-electron chi connectivity index (χ0n) is 15.7. The van der Waals surface area contributed by atoms with Crippen molar-refractivity contribution < 1.29 is 4.79 Å². The molecule has 2 aromatic carbocycles. The molecule has 0 saturated carbocycles. The number of amides is 1. The van der Waals surface area contributed by atoms with Gasteiger partial charge in [0.25, 0.3) is 0 Å². The Morgan fingerprint density at radius 1 is 0.923 bits per heavy atom. The van der Waals surface area contributed by atoms with E-state index in [4.69, 9.17) is 5.73 Å². The molecule has 4 nitrogen and oxygen atoms in total. The minimum absolute atomic E-state index is 0. The third-order valence-electron chi connectivity index (χ3n) is 4.27. The number of likely N-dealkylation sites (N-methyl/N-ethyl adjacent to an activating group) is 1. The maximum atomic E-state index is 12.4. The van der Waals surface area contributed by atoms with Crippen LogP contribution in [0, 0.1) is 13.8 Å². The van der Waals surface area contributed by atoms with Crippen molar-refractivity contribution in [2.45, 2.75) is 25.9 Å². The third kappa shape index (κ3) is 6.61. The molecule has 1 amide bonds. The van der Waals surface area contributed by atoms with Crippen molar-refractivity contribution in [1.82, 2.24) is 10.2 Å². The van der Waals surface area contributed by atoms with Gasteiger partial charge in [0, 0.05) is 6.54 Å². The fourth-order valence-electron chi connectivity index (χ4n) is 2.62. The molecule has 2 aromatic rings. The smallest absolute Gasteiger partial charge is 0.241 e. The van der Waals surface area contributed by atoms with Gasteiger partial charge >= 0.3 is 0 Å². The maximum absolute atomic E-state index is 12.4. The van der Waals surface area contributed by atoms with Gasteiger partial charge in [0.15, 0.2) is 0 Å². The van der Waals surface area contributed by atoms with Gasteiger partial charge in [-0.05, 0) is 39.1 Å². The van der Waals surface area contributed by atoms with Gasteiger partial charge in [0.05, 0.1) is 6.04 Å². The van der Waals surface area contributed by atoms with Crippen LogP contribution in [0.1, 0.15) is 34.3 Å². The predicted molar refractivity (Wildman–Crippen MR) is 113 cm³/mol. The van der Waals surface area contributed by atoms with E-state index in [2.05, 4.69) is 41.4 Å². The van der Waals surface area contributed by atoms with Crippen molar-refractivity contribution in [3.05, 3.63) is 70.8 Å². The molecule has 0 bridgehead atoms. The first-order valence-corrected chi connectivity index (χ1v) is 8.21. The van der Waals surface area contributed by atoms with Crippen LogP contribution in [0.15, 0.2) is 48.5 Å². The molecule has 3 N–H and O–H groups in total. The summed E-state index contributed by atoms with van der Waals surface area (Å²) in [6.07, 6.45) is 0. The van der Waals surface area contributed by atoms with Crippen LogP contribution in [0.2, 0.25) is 0 Å². The molecule has 0 aliphatic heterocycles. The molecule has 0 heterocycles. The highest BCUT2D eigenvalue weighted by Crippen LogP contribution is 2.18. The Hall–Kier alpha value is -1.59. The van der Waals surface area contributed by atoms with Crippen LogP contribution in [0.25, 0.3) is 0 Å². The highest BCUT2D eigenvalue weighted by molar-refractivity contribution is 5.85. The summed E-state index contributed by atoms with van der Waals surface area (Å²) in [5.41, 5.74) is 10.5. The number of hydrogen-bond donors (Lipinski definition) is 2. The molecule has 0 fully saturated rings. The number of nitrogens with one attached hydrogen (secondary N) is 1. The van der Waals surface area contributed by atoms with Gasteiger partial charge in [-0.15, -0.1) is 24.8 Å². The number of benzene rings is 2. The first kappa shape index (κ1) is 24.4. The van der Waals surface area contributed by atoms with E-state index in [0.29, 0.717) is 6.54 Å². The fraction of sp³-hybridized carbons (Fsp3) is 0.350. The van der Waals surface area contributed by atoms with Crippen molar-refractivity contribution in [2.75, 3.05) is 20.6 Å². The number of rotatable bonds is 6. The Balaban J connectivity index is 0.00000312. The van der Waals surface area contributed by atoms with Crippen LogP contribution in [0.3, 0.4) is 0 Å². The van der Waals surface area contributed by atoms with Crippen LogP contribution >= 0.6 is 24.8 Å². The Morgan fingerprint density at radius 3 is 1.77 bits per heavy atom. The van der Waals surface area contributed by atoms with E-state index in [0.717, 1.165) is 11.1 Å². The van der Waals surface area contributed by atoms with Crippen molar-refractivity contribution in [2.24, 2.45) is 5.73 Å². The third-order valence-corrected chi connectivity index (χ3v) is 4.27. The second-order valence-corrected chi connectivity index (χ2v) is 6.52. The summed E-state index contributed by atoms with van der Waals surface area (Å²) in [4.78, 5) is 14.5. The van der Waals surface area contributed by atoms with Crippen LogP contribution < -0.4 is 11.1 Å². The Labute approximate surface area is 169 Å². The topological polar surface area (TPSA) is 58.4 Å². The Kier molecular flexibility index (Phi) is 10.5. The molecule has 0 aromatic heterocycles. The molecule has 0 aliphatic carbocycles. The second kappa shape index (κ2) is 11.2. The molecule has 6 heteroatoms. The molecular weight excluding hydrogens is 369 g/mol. The summed E-state index contributed by atoms with van der Waals surface area (Å²) >= 11 is 0. The number of nitrogens with zero attached hydrogens (tertiary/aromatic N) is 1. The number of nitrogens with two attached hydrogens (primary N) is 1. The van der Waals surface area contributed by atoms with Gasteiger partial charge in [-0.25, -0.2) is 0 Å². The van der Waals surface area contributed by atoms with E-state index in [9.17, 15) is 4.79 Å². The average molecular weight is 398 g/mol. The number of halogens is 2. The van der Waals surface area contributed by atoms with Crippen LogP contribution in [-0.2, 0) is 4.79 Å². The zero-order chi connectivity index (χ0) is 17.7. The van der Waals surface area contributed by atoms with E-state index in [-0.39, 0.29) is 36.8 Å². The lowest BCUT2D eigenvalue weighted by molar-refractivity contribution is -0.122. The lowest BCUT2D eigenvalue weighted by Crippen LogP contribution is -2.39. The standard InChI is InChI=1S/C20H27N3O.2ClH/c1-14-5-9-16(10-6-14)18(23(3)4)13-22-20(24)19(21)17-11-7-15(2)8-12-17;;/h5-12,18-19H,13,21H2,1-4H3,(H,22,24);2*1H. The van der Waals surface area contributed by atoms with Gasteiger partial charge in [0.2, 0.25) is 5.91 Å². The van der Waals surface area contributed by atoms with Gasteiger partial charge in [-0.1, -0.05) is 59.7 Å². The average Bonchev–Trinajstić information content (AvgIpc) is 2.56. The monoisotopic (exact) mass is 397 g/mol. The summed E-state index contributed by atoms with van der Waals surface area (Å²) in [5.74, 6) is -0.155. The van der Waals surface area contributed by atoms with E-state index in [1.807, 2.05) is 45.3 Å². The van der Waals surface area contributed by atoms with E-state index in [1.165, 1.54) is 11.1 Å². The van der Waals surface area contributed by atoms with Crippen LogP contribution in [-0.4, -0.2) is 31.4 Å². The molecule has 26 heavy (non-hydrogen) atoms. The Bertz CT molecular complexity index is 672. The minimum Gasteiger partial charge on any atom is -0.353 e. The maximum Gasteiger partial charge on any atom is 0.241 e. The quantitative estimate of drug-likeness (QED) is 0.782. The summed E-state index contributed by atoms with van der Waals surface area (Å²) in [6.45, 7) is 4.60. The van der Waals surface area contributed by atoms with Gasteiger partial charge in [-0.3, -0.25) is 4.79 Å². The van der Waals surface area contributed by atoms with Gasteiger partial charge in [-0.2, -0.15) is 0 Å². The first-order chi connectivity index (χ1) is 11.4.